The Labute approximate surface area is 109 Å². The molecular formula is C16H20N2. The Bertz CT molecular complexity index is 546. The minimum Gasteiger partial charge on any atom is -0.310 e. The minimum absolute atomic E-state index is 0.345. The van der Waals surface area contributed by atoms with Gasteiger partial charge in [-0.2, -0.15) is 0 Å². The standard InChI is InChI=1S/C16H20N2/c1-4-17-16(10-12(2)3)14-7-8-15-13(11-14)6-5-9-18-15/h5-9,11,16-17H,2,4,10H2,1,3H3. The molecule has 0 aliphatic rings. The first-order valence-electron chi connectivity index (χ1n) is 6.43. The van der Waals surface area contributed by atoms with Crippen LogP contribution in [0.2, 0.25) is 0 Å². The fourth-order valence-corrected chi connectivity index (χ4v) is 2.21. The summed E-state index contributed by atoms with van der Waals surface area (Å²) in [6.45, 7) is 9.18. The molecule has 0 amide bonds. The topological polar surface area (TPSA) is 24.9 Å². The summed E-state index contributed by atoms with van der Waals surface area (Å²) in [5.74, 6) is 0. The molecule has 2 aromatic rings. The molecule has 0 aliphatic heterocycles. The van der Waals surface area contributed by atoms with Gasteiger partial charge >= 0.3 is 0 Å². The van der Waals surface area contributed by atoms with Crippen molar-refractivity contribution in [1.82, 2.24) is 10.3 Å². The second-order valence-electron chi connectivity index (χ2n) is 4.73. The predicted octanol–water partition coefficient (Wildman–Crippen LogP) is 3.85. The van der Waals surface area contributed by atoms with Gasteiger partial charge in [0.2, 0.25) is 0 Å². The van der Waals surface area contributed by atoms with Gasteiger partial charge in [0.05, 0.1) is 5.52 Å². The molecule has 0 spiro atoms. The fraction of sp³-hybridized carbons (Fsp3) is 0.312. The molecule has 1 heterocycles. The van der Waals surface area contributed by atoms with Crippen LogP contribution in [0, 0.1) is 0 Å². The lowest BCUT2D eigenvalue weighted by Gasteiger charge is -2.18. The molecule has 1 aromatic carbocycles. The van der Waals surface area contributed by atoms with Gasteiger partial charge in [0, 0.05) is 17.6 Å². The number of fused-ring (bicyclic) bond motifs is 1. The first kappa shape index (κ1) is 12.8. The number of hydrogen-bond donors (Lipinski definition) is 1. The molecule has 1 atom stereocenters. The van der Waals surface area contributed by atoms with E-state index in [1.807, 2.05) is 12.3 Å². The average Bonchev–Trinajstić information content (AvgIpc) is 2.37. The van der Waals surface area contributed by atoms with Crippen molar-refractivity contribution in [3.05, 3.63) is 54.2 Å². The average molecular weight is 240 g/mol. The number of nitrogens with zero attached hydrogens (tertiary/aromatic N) is 1. The van der Waals surface area contributed by atoms with Crippen LogP contribution in [-0.2, 0) is 0 Å². The van der Waals surface area contributed by atoms with Crippen molar-refractivity contribution in [2.45, 2.75) is 26.3 Å². The second kappa shape index (κ2) is 5.78. The van der Waals surface area contributed by atoms with E-state index in [1.165, 1.54) is 16.5 Å². The van der Waals surface area contributed by atoms with Gasteiger partial charge in [-0.1, -0.05) is 24.6 Å². The van der Waals surface area contributed by atoms with E-state index in [9.17, 15) is 0 Å². The monoisotopic (exact) mass is 240 g/mol. The van der Waals surface area contributed by atoms with E-state index in [0.717, 1.165) is 18.5 Å². The number of nitrogens with one attached hydrogen (secondary N) is 1. The van der Waals surface area contributed by atoms with Crippen LogP contribution in [0.5, 0.6) is 0 Å². The first-order chi connectivity index (χ1) is 8.70. The summed E-state index contributed by atoms with van der Waals surface area (Å²) >= 11 is 0. The molecule has 0 saturated carbocycles. The maximum absolute atomic E-state index is 4.35. The van der Waals surface area contributed by atoms with Crippen LogP contribution in [0.4, 0.5) is 0 Å². The zero-order valence-electron chi connectivity index (χ0n) is 11.1. The summed E-state index contributed by atoms with van der Waals surface area (Å²) in [5, 5.41) is 4.71. The molecule has 1 N–H and O–H groups in total. The normalized spacial score (nSPS) is 12.6. The van der Waals surface area contributed by atoms with Gasteiger partial charge in [-0.15, -0.1) is 6.58 Å². The maximum Gasteiger partial charge on any atom is 0.0702 e. The number of aromatic nitrogens is 1. The van der Waals surface area contributed by atoms with E-state index in [2.05, 4.69) is 55.0 Å². The third-order valence-electron chi connectivity index (χ3n) is 3.03. The Morgan fingerprint density at radius 2 is 2.22 bits per heavy atom. The van der Waals surface area contributed by atoms with Gasteiger partial charge in [0.1, 0.15) is 0 Å². The summed E-state index contributed by atoms with van der Waals surface area (Å²) in [6.07, 6.45) is 2.80. The molecule has 2 rings (SSSR count). The number of pyridine rings is 1. The van der Waals surface area contributed by atoms with E-state index >= 15 is 0 Å². The fourth-order valence-electron chi connectivity index (χ4n) is 2.21. The molecule has 0 aliphatic carbocycles. The van der Waals surface area contributed by atoms with E-state index in [0.29, 0.717) is 6.04 Å². The number of benzene rings is 1. The van der Waals surface area contributed by atoms with Crippen molar-refractivity contribution < 1.29 is 0 Å². The second-order valence-corrected chi connectivity index (χ2v) is 4.73. The van der Waals surface area contributed by atoms with Crippen molar-refractivity contribution in [2.24, 2.45) is 0 Å². The van der Waals surface area contributed by atoms with Crippen LogP contribution in [0.3, 0.4) is 0 Å². The molecule has 18 heavy (non-hydrogen) atoms. The third kappa shape index (κ3) is 2.96. The molecular weight excluding hydrogens is 220 g/mol. The Kier molecular flexibility index (Phi) is 4.11. The van der Waals surface area contributed by atoms with Gasteiger partial charge in [-0.25, -0.2) is 0 Å². The van der Waals surface area contributed by atoms with Crippen LogP contribution in [0.1, 0.15) is 31.9 Å². The Morgan fingerprint density at radius 3 is 2.94 bits per heavy atom. The molecule has 0 saturated heterocycles. The maximum atomic E-state index is 4.35. The highest BCUT2D eigenvalue weighted by atomic mass is 14.9. The van der Waals surface area contributed by atoms with Gasteiger partial charge in [0.15, 0.2) is 0 Å². The first-order valence-corrected chi connectivity index (χ1v) is 6.43. The molecule has 1 unspecified atom stereocenters. The quantitative estimate of drug-likeness (QED) is 0.803. The molecule has 1 aromatic heterocycles. The smallest absolute Gasteiger partial charge is 0.0702 e. The molecule has 0 bridgehead atoms. The van der Waals surface area contributed by atoms with Crippen LogP contribution in [-0.4, -0.2) is 11.5 Å². The summed E-state index contributed by atoms with van der Waals surface area (Å²) in [5.41, 5.74) is 3.56. The van der Waals surface area contributed by atoms with Crippen molar-refractivity contribution in [3.8, 4) is 0 Å². The van der Waals surface area contributed by atoms with Crippen LogP contribution in [0.25, 0.3) is 10.9 Å². The third-order valence-corrected chi connectivity index (χ3v) is 3.03. The molecule has 2 heteroatoms. The van der Waals surface area contributed by atoms with Gasteiger partial charge < -0.3 is 5.32 Å². The predicted molar refractivity (Wildman–Crippen MR) is 77.6 cm³/mol. The van der Waals surface area contributed by atoms with Crippen molar-refractivity contribution in [3.63, 3.8) is 0 Å². The lowest BCUT2D eigenvalue weighted by molar-refractivity contribution is 0.549. The number of rotatable bonds is 5. The van der Waals surface area contributed by atoms with Crippen molar-refractivity contribution >= 4 is 10.9 Å². The SMILES string of the molecule is C=C(C)CC(NCC)c1ccc2ncccc2c1. The Hall–Kier alpha value is -1.67. The Balaban J connectivity index is 2.34. The Morgan fingerprint density at radius 1 is 1.39 bits per heavy atom. The minimum atomic E-state index is 0.345. The van der Waals surface area contributed by atoms with E-state index < -0.39 is 0 Å². The largest absolute Gasteiger partial charge is 0.310 e. The molecule has 0 radical (unpaired) electrons. The van der Waals surface area contributed by atoms with E-state index in [-0.39, 0.29) is 0 Å². The van der Waals surface area contributed by atoms with Crippen molar-refractivity contribution in [1.29, 1.82) is 0 Å². The zero-order chi connectivity index (χ0) is 13.0. The highest BCUT2D eigenvalue weighted by Gasteiger charge is 2.10. The van der Waals surface area contributed by atoms with Gasteiger partial charge in [0.25, 0.3) is 0 Å². The summed E-state index contributed by atoms with van der Waals surface area (Å²) in [4.78, 5) is 4.35. The van der Waals surface area contributed by atoms with Gasteiger partial charge in [-0.05, 0) is 43.7 Å². The van der Waals surface area contributed by atoms with E-state index in [1.54, 1.807) is 0 Å². The number of hydrogen-bond acceptors (Lipinski definition) is 2. The van der Waals surface area contributed by atoms with Crippen LogP contribution < -0.4 is 5.32 Å². The highest BCUT2D eigenvalue weighted by molar-refractivity contribution is 5.79. The molecule has 0 fully saturated rings. The van der Waals surface area contributed by atoms with Crippen molar-refractivity contribution in [2.75, 3.05) is 6.54 Å². The zero-order valence-corrected chi connectivity index (χ0v) is 11.1. The summed E-state index contributed by atoms with van der Waals surface area (Å²) in [6, 6.07) is 10.9. The summed E-state index contributed by atoms with van der Waals surface area (Å²) in [7, 11) is 0. The highest BCUT2D eigenvalue weighted by Crippen LogP contribution is 2.23. The molecule has 94 valence electrons. The van der Waals surface area contributed by atoms with Crippen LogP contribution >= 0.6 is 0 Å². The van der Waals surface area contributed by atoms with Crippen LogP contribution in [0.15, 0.2) is 48.7 Å². The van der Waals surface area contributed by atoms with E-state index in [4.69, 9.17) is 0 Å². The lowest BCUT2D eigenvalue weighted by Crippen LogP contribution is -2.21. The molecule has 2 nitrogen and oxygen atoms in total. The summed E-state index contributed by atoms with van der Waals surface area (Å²) < 4.78 is 0. The lowest BCUT2D eigenvalue weighted by atomic mass is 9.98. The van der Waals surface area contributed by atoms with Gasteiger partial charge in [-0.3, -0.25) is 4.98 Å².